The zero-order valence-electron chi connectivity index (χ0n) is 16.1. The van der Waals surface area contributed by atoms with Crippen LogP contribution in [0, 0.1) is 42.4 Å². The number of sulfone groups is 1. The number of hydrogen-bond donors (Lipinski definition) is 0. The van der Waals surface area contributed by atoms with Crippen molar-refractivity contribution in [3.05, 3.63) is 52.1 Å². The first-order chi connectivity index (χ1) is 12.2. The fourth-order valence-corrected chi connectivity index (χ4v) is 12.2. The predicted molar refractivity (Wildman–Crippen MR) is 108 cm³/mol. The van der Waals surface area contributed by atoms with Gasteiger partial charge in [0.2, 0.25) is 9.84 Å². The molecule has 0 heterocycles. The van der Waals surface area contributed by atoms with Gasteiger partial charge in [0.25, 0.3) is 0 Å². The Kier molecular flexibility index (Phi) is 3.42. The van der Waals surface area contributed by atoms with Gasteiger partial charge in [-0.2, -0.15) is 0 Å². The lowest BCUT2D eigenvalue weighted by Gasteiger charge is -2.38. The Labute approximate surface area is 158 Å². The molecule has 26 heavy (non-hydrogen) atoms. The van der Waals surface area contributed by atoms with Crippen LogP contribution in [-0.4, -0.2) is 16.5 Å². The molecule has 4 bridgehead atoms. The normalized spacial score (nSPS) is 37.7. The summed E-state index contributed by atoms with van der Waals surface area (Å²) in [4.78, 5) is 1.35. The predicted octanol–water partition coefficient (Wildman–Crippen LogP) is 4.99. The third-order valence-corrected chi connectivity index (χ3v) is 11.9. The molecule has 4 aliphatic carbocycles. The molecule has 0 radical (unpaired) electrons. The number of aryl methyl sites for hydroxylation is 1. The van der Waals surface area contributed by atoms with Crippen molar-refractivity contribution in [2.45, 2.75) is 44.3 Å². The van der Waals surface area contributed by atoms with Gasteiger partial charge >= 0.3 is 0 Å². The summed E-state index contributed by atoms with van der Waals surface area (Å²) < 4.78 is 27.5. The minimum atomic E-state index is -3.38. The van der Waals surface area contributed by atoms with Crippen molar-refractivity contribution >= 4 is 17.9 Å². The summed E-state index contributed by atoms with van der Waals surface area (Å²) in [5, 5.41) is 1.38. The third-order valence-electron chi connectivity index (χ3n) is 7.42. The Balaban J connectivity index is 1.68. The molecule has 2 saturated carbocycles. The molecule has 0 spiro atoms. The molecule has 138 valence electrons. The van der Waals surface area contributed by atoms with E-state index >= 15 is 0 Å². The van der Waals surface area contributed by atoms with Crippen LogP contribution in [0.3, 0.4) is 0 Å². The number of hydrogen-bond acceptors (Lipinski definition) is 2. The van der Waals surface area contributed by atoms with E-state index in [1.807, 2.05) is 31.2 Å². The summed E-state index contributed by atoms with van der Waals surface area (Å²) in [6, 6.07) is 7.48. The van der Waals surface area contributed by atoms with E-state index in [1.54, 1.807) is 0 Å². The second kappa shape index (κ2) is 5.23. The summed E-state index contributed by atoms with van der Waals surface area (Å²) in [7, 11) is -5.09. The van der Waals surface area contributed by atoms with Gasteiger partial charge in [-0.15, -0.1) is 0 Å². The fraction of sp³-hybridized carbons (Fsp3) is 0.545. The van der Waals surface area contributed by atoms with Crippen LogP contribution in [0.4, 0.5) is 0 Å². The van der Waals surface area contributed by atoms with E-state index in [-0.39, 0.29) is 5.92 Å². The van der Waals surface area contributed by atoms with Crippen molar-refractivity contribution < 1.29 is 8.42 Å². The maximum atomic E-state index is 13.7. The van der Waals surface area contributed by atoms with Gasteiger partial charge in [-0.1, -0.05) is 54.7 Å². The SMILES string of the molecule is Cc1ccc(S(=O)(=O)C2=C([Si](C)(C)C)[C@H]3C[C@H]2[C@@H]2[C@H]3[C@H]3C=C[C@H]2C3)cc1. The quantitative estimate of drug-likeness (QED) is 0.418. The average Bonchev–Trinajstić information content (AvgIpc) is 3.31. The van der Waals surface area contributed by atoms with E-state index in [1.165, 1.54) is 11.6 Å². The summed E-state index contributed by atoms with van der Waals surface area (Å²) in [6.45, 7) is 9.02. The highest BCUT2D eigenvalue weighted by Crippen LogP contribution is 2.68. The first-order valence-electron chi connectivity index (χ1n) is 9.94. The molecule has 0 amide bonds. The maximum Gasteiger partial charge on any atom is 0.202 e. The molecule has 1 aromatic carbocycles. The summed E-state index contributed by atoms with van der Waals surface area (Å²) in [6.07, 6.45) is 7.17. The molecule has 2 fully saturated rings. The number of allylic oxidation sites excluding steroid dienone is 4. The molecule has 4 aliphatic rings. The van der Waals surface area contributed by atoms with Crippen LogP contribution >= 0.6 is 0 Å². The van der Waals surface area contributed by atoms with Gasteiger partial charge in [-0.25, -0.2) is 8.42 Å². The molecule has 6 atom stereocenters. The van der Waals surface area contributed by atoms with Crippen LogP contribution in [-0.2, 0) is 9.84 Å². The van der Waals surface area contributed by atoms with Crippen molar-refractivity contribution in [3.8, 4) is 0 Å². The molecule has 1 aromatic rings. The lowest BCUT2D eigenvalue weighted by atomic mass is 9.76. The first kappa shape index (κ1) is 17.0. The van der Waals surface area contributed by atoms with Crippen molar-refractivity contribution in [3.63, 3.8) is 0 Å². The molecule has 2 nitrogen and oxygen atoms in total. The second-order valence-electron chi connectivity index (χ2n) is 9.90. The van der Waals surface area contributed by atoms with Crippen molar-refractivity contribution in [2.75, 3.05) is 0 Å². The zero-order valence-corrected chi connectivity index (χ0v) is 17.9. The fourth-order valence-electron chi connectivity index (χ4n) is 6.71. The minimum Gasteiger partial charge on any atom is -0.219 e. The topological polar surface area (TPSA) is 34.1 Å². The standard InChI is InChI=1S/C22H28O2SSi/c1-13-5-9-16(10-6-13)25(23,24)21-17-12-18(22(21)26(2,3)4)20-15-8-7-14(11-15)19(17)20/h5-10,14-15,17-20H,11-12H2,1-4H3/t14-,15-,17-,18-,19+,20-/m0/s1. The largest absolute Gasteiger partial charge is 0.219 e. The molecule has 0 unspecified atom stereocenters. The van der Waals surface area contributed by atoms with Crippen LogP contribution in [0.2, 0.25) is 19.6 Å². The van der Waals surface area contributed by atoms with Gasteiger partial charge in [-0.05, 0) is 67.4 Å². The lowest BCUT2D eigenvalue weighted by molar-refractivity contribution is 0.282. The second-order valence-corrected chi connectivity index (χ2v) is 16.9. The number of fused-ring (bicyclic) bond motifs is 9. The first-order valence-corrected chi connectivity index (χ1v) is 14.9. The molecule has 0 N–H and O–H groups in total. The van der Waals surface area contributed by atoms with Gasteiger partial charge in [-0.3, -0.25) is 0 Å². The number of benzene rings is 1. The van der Waals surface area contributed by atoms with E-state index in [2.05, 4.69) is 31.8 Å². The third kappa shape index (κ3) is 2.12. The van der Waals surface area contributed by atoms with E-state index in [0.717, 1.165) is 16.9 Å². The van der Waals surface area contributed by atoms with E-state index in [4.69, 9.17) is 0 Å². The van der Waals surface area contributed by atoms with E-state index in [9.17, 15) is 8.42 Å². The van der Waals surface area contributed by atoms with Gasteiger partial charge in [0, 0.05) is 4.91 Å². The highest BCUT2D eigenvalue weighted by Gasteiger charge is 2.63. The number of rotatable bonds is 3. The monoisotopic (exact) mass is 384 g/mol. The molecule has 4 heteroatoms. The summed E-state index contributed by atoms with van der Waals surface area (Å²) in [5.41, 5.74) is 1.11. The smallest absolute Gasteiger partial charge is 0.202 e. The van der Waals surface area contributed by atoms with Crippen LogP contribution in [0.25, 0.3) is 0 Å². The summed E-state index contributed by atoms with van der Waals surface area (Å²) >= 11 is 0. The average molecular weight is 385 g/mol. The van der Waals surface area contributed by atoms with Crippen molar-refractivity contribution in [1.82, 2.24) is 0 Å². The van der Waals surface area contributed by atoms with Gasteiger partial charge < -0.3 is 0 Å². The van der Waals surface area contributed by atoms with E-state index < -0.39 is 17.9 Å². The molecule has 5 rings (SSSR count). The minimum absolute atomic E-state index is 0.262. The molecule has 0 aromatic heterocycles. The van der Waals surface area contributed by atoms with Crippen LogP contribution in [0.15, 0.2) is 51.4 Å². The van der Waals surface area contributed by atoms with Crippen molar-refractivity contribution in [1.29, 1.82) is 0 Å². The van der Waals surface area contributed by atoms with Crippen LogP contribution in [0.1, 0.15) is 18.4 Å². The van der Waals surface area contributed by atoms with Gasteiger partial charge in [0.05, 0.1) is 13.0 Å². The van der Waals surface area contributed by atoms with Crippen LogP contribution < -0.4 is 0 Å². The molecular weight excluding hydrogens is 356 g/mol. The van der Waals surface area contributed by atoms with Crippen molar-refractivity contribution in [2.24, 2.45) is 35.5 Å². The Morgan fingerprint density at radius 3 is 2.04 bits per heavy atom. The Bertz CT molecular complexity index is 933. The molecule has 0 saturated heterocycles. The van der Waals surface area contributed by atoms with Gasteiger partial charge in [0.1, 0.15) is 0 Å². The molecule has 0 aliphatic heterocycles. The lowest BCUT2D eigenvalue weighted by Crippen LogP contribution is -2.38. The Hall–Kier alpha value is -1.13. The van der Waals surface area contributed by atoms with Crippen LogP contribution in [0.5, 0.6) is 0 Å². The van der Waals surface area contributed by atoms with E-state index in [0.29, 0.717) is 34.5 Å². The highest BCUT2D eigenvalue weighted by molar-refractivity contribution is 7.95. The highest BCUT2D eigenvalue weighted by atomic mass is 32.2. The Morgan fingerprint density at radius 2 is 1.46 bits per heavy atom. The Morgan fingerprint density at radius 1 is 0.885 bits per heavy atom. The zero-order chi connectivity index (χ0) is 18.4. The maximum absolute atomic E-state index is 13.7. The molecular formula is C22H28O2SSi. The summed E-state index contributed by atoms with van der Waals surface area (Å²) in [5.74, 6) is 3.39. The van der Waals surface area contributed by atoms with Gasteiger partial charge in [0.15, 0.2) is 0 Å².